The standard InChI is InChI=1S/C23H17Cl2N3O2/c1-14-12-27-20-16(21(14)30-13-15-6-3-2-4-7-15)8-5-9-18(20)28-23(29)19-17(24)10-11-26-22(19)25/h2-12H,13H2,1H3,(H,28,29). The van der Waals surface area contributed by atoms with Crippen molar-refractivity contribution < 1.29 is 9.53 Å². The highest BCUT2D eigenvalue weighted by Crippen LogP contribution is 2.33. The van der Waals surface area contributed by atoms with E-state index in [0.717, 1.165) is 22.3 Å². The predicted octanol–water partition coefficient (Wildman–Crippen LogP) is 6.08. The number of benzene rings is 2. The second-order valence-electron chi connectivity index (χ2n) is 6.66. The molecule has 7 heteroatoms. The number of hydrogen-bond donors (Lipinski definition) is 1. The number of anilines is 1. The number of carbonyl (C=O) groups excluding carboxylic acids is 1. The quantitative estimate of drug-likeness (QED) is 0.384. The van der Waals surface area contributed by atoms with Gasteiger partial charge in [0.05, 0.1) is 21.8 Å². The van der Waals surface area contributed by atoms with Crippen LogP contribution < -0.4 is 10.1 Å². The smallest absolute Gasteiger partial charge is 0.260 e. The van der Waals surface area contributed by atoms with E-state index in [9.17, 15) is 4.79 Å². The molecule has 0 atom stereocenters. The van der Waals surface area contributed by atoms with Crippen molar-refractivity contribution >= 4 is 45.7 Å². The maximum absolute atomic E-state index is 12.8. The van der Waals surface area contributed by atoms with Gasteiger partial charge >= 0.3 is 0 Å². The van der Waals surface area contributed by atoms with E-state index in [0.29, 0.717) is 17.8 Å². The molecular weight excluding hydrogens is 421 g/mol. The Morgan fingerprint density at radius 2 is 1.83 bits per heavy atom. The van der Waals surface area contributed by atoms with Gasteiger partial charge in [-0.05, 0) is 30.7 Å². The van der Waals surface area contributed by atoms with Gasteiger partial charge in [0.25, 0.3) is 5.91 Å². The minimum Gasteiger partial charge on any atom is -0.488 e. The molecule has 1 amide bonds. The van der Waals surface area contributed by atoms with Crippen molar-refractivity contribution in [2.45, 2.75) is 13.5 Å². The van der Waals surface area contributed by atoms with Gasteiger partial charge in [-0.2, -0.15) is 0 Å². The summed E-state index contributed by atoms with van der Waals surface area (Å²) in [4.78, 5) is 21.2. The summed E-state index contributed by atoms with van der Waals surface area (Å²) in [5.74, 6) is 0.261. The number of halogens is 2. The van der Waals surface area contributed by atoms with Gasteiger partial charge in [0.15, 0.2) is 0 Å². The van der Waals surface area contributed by atoms with E-state index in [2.05, 4.69) is 15.3 Å². The van der Waals surface area contributed by atoms with E-state index < -0.39 is 5.91 Å². The van der Waals surface area contributed by atoms with Gasteiger partial charge in [0.1, 0.15) is 17.5 Å². The number of ether oxygens (including phenoxy) is 1. The predicted molar refractivity (Wildman–Crippen MR) is 119 cm³/mol. The third-order valence-corrected chi connectivity index (χ3v) is 5.18. The summed E-state index contributed by atoms with van der Waals surface area (Å²) in [5, 5.41) is 3.90. The third-order valence-electron chi connectivity index (χ3n) is 4.58. The third kappa shape index (κ3) is 4.08. The van der Waals surface area contributed by atoms with Crippen LogP contribution in [0.2, 0.25) is 10.2 Å². The van der Waals surface area contributed by atoms with Crippen LogP contribution in [0, 0.1) is 6.92 Å². The van der Waals surface area contributed by atoms with Crippen LogP contribution in [0.5, 0.6) is 5.75 Å². The molecule has 0 saturated carbocycles. The van der Waals surface area contributed by atoms with Gasteiger partial charge in [-0.3, -0.25) is 9.78 Å². The Morgan fingerprint density at radius 1 is 1.03 bits per heavy atom. The minimum atomic E-state index is -0.459. The molecule has 0 radical (unpaired) electrons. The second kappa shape index (κ2) is 8.69. The van der Waals surface area contributed by atoms with Gasteiger partial charge in [0.2, 0.25) is 0 Å². The fourth-order valence-corrected chi connectivity index (χ4v) is 3.65. The monoisotopic (exact) mass is 437 g/mol. The lowest BCUT2D eigenvalue weighted by atomic mass is 10.1. The number of fused-ring (bicyclic) bond motifs is 1. The van der Waals surface area contributed by atoms with Crippen LogP contribution in [-0.4, -0.2) is 15.9 Å². The molecule has 2 aromatic carbocycles. The molecule has 0 aliphatic rings. The molecule has 4 aromatic rings. The van der Waals surface area contributed by atoms with Crippen LogP contribution in [0.1, 0.15) is 21.5 Å². The van der Waals surface area contributed by atoms with Gasteiger partial charge in [-0.15, -0.1) is 0 Å². The number of para-hydroxylation sites is 1. The van der Waals surface area contributed by atoms with E-state index in [4.69, 9.17) is 27.9 Å². The lowest BCUT2D eigenvalue weighted by Crippen LogP contribution is -2.14. The number of nitrogens with zero attached hydrogens (tertiary/aromatic N) is 2. The van der Waals surface area contributed by atoms with Crippen molar-refractivity contribution in [2.24, 2.45) is 0 Å². The highest BCUT2D eigenvalue weighted by molar-refractivity contribution is 6.39. The van der Waals surface area contributed by atoms with Crippen LogP contribution >= 0.6 is 23.2 Å². The van der Waals surface area contributed by atoms with E-state index >= 15 is 0 Å². The Hall–Kier alpha value is -3.15. The summed E-state index contributed by atoms with van der Waals surface area (Å²) in [6.45, 7) is 2.37. The number of amides is 1. The van der Waals surface area contributed by atoms with Crippen molar-refractivity contribution in [3.05, 3.63) is 93.9 Å². The fourth-order valence-electron chi connectivity index (χ4n) is 3.12. The van der Waals surface area contributed by atoms with E-state index in [1.165, 1.54) is 12.3 Å². The zero-order valence-corrected chi connectivity index (χ0v) is 17.5. The van der Waals surface area contributed by atoms with Crippen LogP contribution in [0.3, 0.4) is 0 Å². The number of nitrogens with one attached hydrogen (secondary N) is 1. The maximum Gasteiger partial charge on any atom is 0.260 e. The van der Waals surface area contributed by atoms with Crippen molar-refractivity contribution in [2.75, 3.05) is 5.32 Å². The summed E-state index contributed by atoms with van der Waals surface area (Å²) in [7, 11) is 0. The number of hydrogen-bond acceptors (Lipinski definition) is 4. The zero-order valence-electron chi connectivity index (χ0n) is 16.0. The van der Waals surface area contributed by atoms with Crippen molar-refractivity contribution in [1.29, 1.82) is 0 Å². The molecule has 1 N–H and O–H groups in total. The molecule has 2 heterocycles. The first-order valence-electron chi connectivity index (χ1n) is 9.21. The fraction of sp³-hybridized carbons (Fsp3) is 0.0870. The normalized spacial score (nSPS) is 10.8. The molecule has 0 fully saturated rings. The van der Waals surface area contributed by atoms with Crippen molar-refractivity contribution in [1.82, 2.24) is 9.97 Å². The summed E-state index contributed by atoms with van der Waals surface area (Å²) in [5.41, 5.74) is 3.21. The van der Waals surface area contributed by atoms with Crippen LogP contribution in [0.15, 0.2) is 67.0 Å². The average Bonchev–Trinajstić information content (AvgIpc) is 2.74. The van der Waals surface area contributed by atoms with Crippen LogP contribution in [0.25, 0.3) is 10.9 Å². The molecule has 150 valence electrons. The lowest BCUT2D eigenvalue weighted by molar-refractivity contribution is 0.102. The first-order valence-corrected chi connectivity index (χ1v) is 9.96. The molecule has 30 heavy (non-hydrogen) atoms. The highest BCUT2D eigenvalue weighted by atomic mass is 35.5. The van der Waals surface area contributed by atoms with Crippen molar-refractivity contribution in [3.63, 3.8) is 0 Å². The Balaban J connectivity index is 1.68. The first-order chi connectivity index (χ1) is 14.5. The summed E-state index contributed by atoms with van der Waals surface area (Å²) in [6.07, 6.45) is 3.17. The van der Waals surface area contributed by atoms with Crippen LogP contribution in [0.4, 0.5) is 5.69 Å². The van der Waals surface area contributed by atoms with Gasteiger partial charge < -0.3 is 10.1 Å². The summed E-state index contributed by atoms with van der Waals surface area (Å²) >= 11 is 12.2. The second-order valence-corrected chi connectivity index (χ2v) is 7.42. The Bertz CT molecular complexity index is 1210. The van der Waals surface area contributed by atoms with Gasteiger partial charge in [-0.1, -0.05) is 59.6 Å². The molecule has 0 aliphatic carbocycles. The van der Waals surface area contributed by atoms with Crippen molar-refractivity contribution in [3.8, 4) is 5.75 Å². The number of aromatic nitrogens is 2. The maximum atomic E-state index is 12.8. The number of pyridine rings is 2. The van der Waals surface area contributed by atoms with E-state index in [1.54, 1.807) is 12.3 Å². The summed E-state index contributed by atoms with van der Waals surface area (Å²) in [6, 6.07) is 16.9. The molecule has 0 unspecified atom stereocenters. The number of rotatable bonds is 5. The van der Waals surface area contributed by atoms with Crippen LogP contribution in [-0.2, 0) is 6.61 Å². The number of aryl methyl sites for hydroxylation is 1. The molecule has 0 aliphatic heterocycles. The first kappa shape index (κ1) is 20.1. The molecule has 2 aromatic heterocycles. The Labute approximate surface area is 183 Å². The number of carbonyl (C=O) groups is 1. The largest absolute Gasteiger partial charge is 0.488 e. The van der Waals surface area contributed by atoms with E-state index in [1.807, 2.05) is 49.4 Å². The molecule has 0 spiro atoms. The van der Waals surface area contributed by atoms with Gasteiger partial charge in [-0.25, -0.2) is 4.98 Å². The zero-order chi connectivity index (χ0) is 21.1. The lowest BCUT2D eigenvalue weighted by Gasteiger charge is -2.14. The molecular formula is C23H17Cl2N3O2. The topological polar surface area (TPSA) is 64.1 Å². The minimum absolute atomic E-state index is 0.0379. The highest BCUT2D eigenvalue weighted by Gasteiger charge is 2.18. The molecule has 4 rings (SSSR count). The SMILES string of the molecule is Cc1cnc2c(NC(=O)c3c(Cl)ccnc3Cl)cccc2c1OCc1ccccc1. The molecule has 0 saturated heterocycles. The Kier molecular flexibility index (Phi) is 5.84. The Morgan fingerprint density at radius 3 is 2.60 bits per heavy atom. The summed E-state index contributed by atoms with van der Waals surface area (Å²) < 4.78 is 6.11. The molecule has 0 bridgehead atoms. The average molecular weight is 438 g/mol. The molecule has 5 nitrogen and oxygen atoms in total. The van der Waals surface area contributed by atoms with Gasteiger partial charge in [0, 0.05) is 23.3 Å². The van der Waals surface area contributed by atoms with E-state index in [-0.39, 0.29) is 15.7 Å².